The Labute approximate surface area is 108 Å². The van der Waals surface area contributed by atoms with E-state index in [0.29, 0.717) is 25.6 Å². The Morgan fingerprint density at radius 1 is 1.33 bits per heavy atom. The van der Waals surface area contributed by atoms with Crippen molar-refractivity contribution < 1.29 is 9.53 Å². The number of carbonyl (C=O) groups is 1. The third kappa shape index (κ3) is 2.93. The van der Waals surface area contributed by atoms with Crippen molar-refractivity contribution in [3.05, 3.63) is 0 Å². The molecule has 2 heterocycles. The van der Waals surface area contributed by atoms with E-state index in [-0.39, 0.29) is 11.9 Å². The fourth-order valence-corrected chi connectivity index (χ4v) is 2.57. The Kier molecular flexibility index (Phi) is 4.06. The number of urea groups is 1. The average molecular weight is 254 g/mol. The highest BCUT2D eigenvalue weighted by molar-refractivity contribution is 5.83. The minimum atomic E-state index is -0.440. The fraction of sp³-hybridized carbons (Fsp3) is 0.833. The van der Waals surface area contributed by atoms with E-state index in [9.17, 15) is 4.79 Å². The minimum Gasteiger partial charge on any atom is -0.385 e. The molecule has 0 aromatic carbocycles. The van der Waals surface area contributed by atoms with Crippen LogP contribution in [0, 0.1) is 11.3 Å². The summed E-state index contributed by atoms with van der Waals surface area (Å²) >= 11 is 0. The molecule has 3 N–H and O–H groups in total. The van der Waals surface area contributed by atoms with Gasteiger partial charge in [-0.05, 0) is 18.8 Å². The molecule has 102 valence electrons. The number of nitrogens with one attached hydrogen (secondary N) is 1. The molecule has 2 aliphatic heterocycles. The molecule has 2 amide bonds. The van der Waals surface area contributed by atoms with E-state index in [1.807, 2.05) is 4.90 Å². The zero-order valence-corrected chi connectivity index (χ0v) is 10.9. The number of nitrogens with two attached hydrogens (primary N) is 1. The van der Waals surface area contributed by atoms with E-state index in [1.165, 1.54) is 6.42 Å². The summed E-state index contributed by atoms with van der Waals surface area (Å²) in [5.74, 6) is 0.576. The molecule has 0 aliphatic carbocycles. The molecule has 2 fully saturated rings. The Morgan fingerprint density at radius 2 is 2.06 bits per heavy atom. The van der Waals surface area contributed by atoms with Crippen molar-refractivity contribution in [1.29, 1.82) is 5.41 Å². The lowest BCUT2D eigenvalue weighted by atomic mass is 10.0. The molecule has 6 nitrogen and oxygen atoms in total. The Hall–Kier alpha value is -1.30. The van der Waals surface area contributed by atoms with Crippen LogP contribution < -0.4 is 5.73 Å². The molecule has 0 aromatic heterocycles. The van der Waals surface area contributed by atoms with E-state index in [4.69, 9.17) is 15.9 Å². The highest BCUT2D eigenvalue weighted by atomic mass is 16.5. The number of morpholine rings is 1. The van der Waals surface area contributed by atoms with Crippen LogP contribution in [0.1, 0.15) is 19.8 Å². The summed E-state index contributed by atoms with van der Waals surface area (Å²) in [7, 11) is 0. The van der Waals surface area contributed by atoms with Crippen LogP contribution in [0.25, 0.3) is 0 Å². The van der Waals surface area contributed by atoms with Gasteiger partial charge >= 0.3 is 6.03 Å². The van der Waals surface area contributed by atoms with E-state index < -0.39 is 6.10 Å². The molecule has 0 saturated carbocycles. The van der Waals surface area contributed by atoms with Gasteiger partial charge in [-0.1, -0.05) is 6.92 Å². The normalized spacial score (nSPS) is 29.2. The van der Waals surface area contributed by atoms with Crippen LogP contribution in [-0.2, 0) is 4.74 Å². The SMILES string of the molecule is CC1CCCN(C(=O)N2CCOC(C(=N)N)C2)C1. The van der Waals surface area contributed by atoms with Gasteiger partial charge in [0.15, 0.2) is 0 Å². The van der Waals surface area contributed by atoms with Gasteiger partial charge in [0.05, 0.1) is 13.2 Å². The average Bonchev–Trinajstić information content (AvgIpc) is 2.38. The smallest absolute Gasteiger partial charge is 0.320 e. The van der Waals surface area contributed by atoms with Gasteiger partial charge in [0.2, 0.25) is 0 Å². The van der Waals surface area contributed by atoms with Crippen molar-refractivity contribution in [3.63, 3.8) is 0 Å². The maximum absolute atomic E-state index is 12.4. The van der Waals surface area contributed by atoms with E-state index >= 15 is 0 Å². The molecular weight excluding hydrogens is 232 g/mol. The number of piperidine rings is 1. The van der Waals surface area contributed by atoms with Crippen molar-refractivity contribution >= 4 is 11.9 Å². The maximum atomic E-state index is 12.4. The third-order valence-electron chi connectivity index (χ3n) is 3.61. The molecule has 0 spiro atoms. The largest absolute Gasteiger partial charge is 0.385 e. The number of carbonyl (C=O) groups excluding carboxylic acids is 1. The van der Waals surface area contributed by atoms with Gasteiger partial charge in [0, 0.05) is 19.6 Å². The van der Waals surface area contributed by atoms with Gasteiger partial charge in [0.1, 0.15) is 11.9 Å². The zero-order valence-electron chi connectivity index (χ0n) is 10.9. The number of amides is 2. The van der Waals surface area contributed by atoms with Crippen LogP contribution in [0.5, 0.6) is 0 Å². The third-order valence-corrected chi connectivity index (χ3v) is 3.61. The van der Waals surface area contributed by atoms with Crippen LogP contribution in [-0.4, -0.2) is 60.6 Å². The van der Waals surface area contributed by atoms with E-state index in [2.05, 4.69) is 6.92 Å². The first-order valence-corrected chi connectivity index (χ1v) is 6.57. The molecular formula is C12H22N4O2. The van der Waals surface area contributed by atoms with Crippen molar-refractivity contribution in [2.45, 2.75) is 25.9 Å². The van der Waals surface area contributed by atoms with Gasteiger partial charge in [0.25, 0.3) is 0 Å². The molecule has 18 heavy (non-hydrogen) atoms. The Morgan fingerprint density at radius 3 is 2.72 bits per heavy atom. The number of hydrogen-bond donors (Lipinski definition) is 2. The highest BCUT2D eigenvalue weighted by Crippen LogP contribution is 2.18. The van der Waals surface area contributed by atoms with Crippen molar-refractivity contribution in [3.8, 4) is 0 Å². The van der Waals surface area contributed by atoms with Crippen LogP contribution in [0.3, 0.4) is 0 Å². The molecule has 2 aliphatic rings. The quantitative estimate of drug-likeness (QED) is 0.527. The lowest BCUT2D eigenvalue weighted by Gasteiger charge is -2.38. The Bertz CT molecular complexity index is 334. The summed E-state index contributed by atoms with van der Waals surface area (Å²) in [4.78, 5) is 16.0. The second kappa shape index (κ2) is 5.56. The molecule has 2 atom stereocenters. The lowest BCUT2D eigenvalue weighted by Crippen LogP contribution is -2.55. The number of hydrogen-bond acceptors (Lipinski definition) is 3. The summed E-state index contributed by atoms with van der Waals surface area (Å²) in [6.07, 6.45) is 1.83. The van der Waals surface area contributed by atoms with Crippen LogP contribution >= 0.6 is 0 Å². The van der Waals surface area contributed by atoms with Crippen LogP contribution in [0.4, 0.5) is 4.79 Å². The van der Waals surface area contributed by atoms with Crippen LogP contribution in [0.15, 0.2) is 0 Å². The first kappa shape index (κ1) is 13.1. The van der Waals surface area contributed by atoms with Gasteiger partial charge in [-0.2, -0.15) is 0 Å². The number of ether oxygens (including phenoxy) is 1. The summed E-state index contributed by atoms with van der Waals surface area (Å²) in [6.45, 7) is 5.30. The molecule has 2 saturated heterocycles. The molecule has 2 rings (SSSR count). The van der Waals surface area contributed by atoms with E-state index in [1.54, 1.807) is 4.90 Å². The number of rotatable bonds is 1. The van der Waals surface area contributed by atoms with E-state index in [0.717, 1.165) is 19.5 Å². The number of nitrogens with zero attached hydrogens (tertiary/aromatic N) is 2. The van der Waals surface area contributed by atoms with Gasteiger partial charge in [-0.15, -0.1) is 0 Å². The summed E-state index contributed by atoms with van der Waals surface area (Å²) < 4.78 is 5.37. The first-order valence-electron chi connectivity index (χ1n) is 6.57. The molecule has 0 radical (unpaired) electrons. The molecule has 2 unspecified atom stereocenters. The van der Waals surface area contributed by atoms with Gasteiger partial charge in [-0.25, -0.2) is 4.79 Å². The number of likely N-dealkylation sites (tertiary alicyclic amines) is 1. The predicted octanol–water partition coefficient (Wildman–Crippen LogP) is 0.475. The number of amidine groups is 1. The van der Waals surface area contributed by atoms with Crippen molar-refractivity contribution in [1.82, 2.24) is 9.80 Å². The zero-order chi connectivity index (χ0) is 13.1. The van der Waals surface area contributed by atoms with Gasteiger partial charge in [-0.3, -0.25) is 5.41 Å². The molecule has 0 bridgehead atoms. The van der Waals surface area contributed by atoms with Gasteiger partial charge < -0.3 is 20.3 Å². The summed E-state index contributed by atoms with van der Waals surface area (Å²) in [5.41, 5.74) is 5.44. The summed E-state index contributed by atoms with van der Waals surface area (Å²) in [6, 6.07) is 0.0658. The first-order chi connectivity index (χ1) is 8.58. The second-order valence-corrected chi connectivity index (χ2v) is 5.24. The second-order valence-electron chi connectivity index (χ2n) is 5.24. The summed E-state index contributed by atoms with van der Waals surface area (Å²) in [5, 5.41) is 7.40. The monoisotopic (exact) mass is 254 g/mol. The Balaban J connectivity index is 1.93. The molecule has 6 heteroatoms. The van der Waals surface area contributed by atoms with Crippen molar-refractivity contribution in [2.24, 2.45) is 11.7 Å². The highest BCUT2D eigenvalue weighted by Gasteiger charge is 2.30. The molecule has 0 aromatic rings. The predicted molar refractivity (Wildman–Crippen MR) is 68.6 cm³/mol. The lowest BCUT2D eigenvalue weighted by molar-refractivity contribution is 0.0115. The standard InChI is InChI=1S/C12H22N4O2/c1-9-3-2-4-15(7-9)12(17)16-5-6-18-10(8-16)11(13)14/h9-10H,2-8H2,1H3,(H3,13,14). The maximum Gasteiger partial charge on any atom is 0.320 e. The minimum absolute atomic E-state index is 0.000452. The fourth-order valence-electron chi connectivity index (χ4n) is 2.57. The van der Waals surface area contributed by atoms with Crippen LogP contribution in [0.2, 0.25) is 0 Å². The van der Waals surface area contributed by atoms with Crippen molar-refractivity contribution in [2.75, 3.05) is 32.8 Å². The topological polar surface area (TPSA) is 82.7 Å².